The molecule has 0 aliphatic rings. The number of hydrogen-bond acceptors (Lipinski definition) is 3. The fourth-order valence-electron chi connectivity index (χ4n) is 1.61. The summed E-state index contributed by atoms with van der Waals surface area (Å²) in [6.45, 7) is 0. The zero-order valence-corrected chi connectivity index (χ0v) is 12.4. The molecule has 0 unspecified atom stereocenters. The standard InChI is InChI=1S/C14H12F3NOS2/c15-14(16,17)10-3-1-4-11(7-10)18-13(19)9-20-8-12-5-2-6-21-12/h1-7H,8-9H2,(H,18,19). The lowest BCUT2D eigenvalue weighted by atomic mass is 10.2. The van der Waals surface area contributed by atoms with Crippen LogP contribution in [0.2, 0.25) is 0 Å². The molecule has 1 aromatic carbocycles. The van der Waals surface area contributed by atoms with Gasteiger partial charge in [-0.2, -0.15) is 13.2 Å². The molecule has 2 rings (SSSR count). The predicted octanol–water partition coefficient (Wildman–Crippen LogP) is 4.64. The first kappa shape index (κ1) is 15.9. The number of hydrogen-bond donors (Lipinski definition) is 1. The summed E-state index contributed by atoms with van der Waals surface area (Å²) in [5.41, 5.74) is -0.613. The van der Waals surface area contributed by atoms with Crippen molar-refractivity contribution >= 4 is 34.7 Å². The van der Waals surface area contributed by atoms with Crippen molar-refractivity contribution in [1.82, 2.24) is 0 Å². The van der Waals surface area contributed by atoms with Crippen LogP contribution in [0.3, 0.4) is 0 Å². The van der Waals surface area contributed by atoms with Crippen molar-refractivity contribution in [2.45, 2.75) is 11.9 Å². The third-order valence-corrected chi connectivity index (χ3v) is 4.57. The number of carbonyl (C=O) groups excluding carboxylic acids is 1. The van der Waals surface area contributed by atoms with Crippen molar-refractivity contribution in [3.8, 4) is 0 Å². The van der Waals surface area contributed by atoms with Gasteiger partial charge in [-0.1, -0.05) is 12.1 Å². The molecule has 1 amide bonds. The van der Waals surface area contributed by atoms with E-state index in [1.807, 2.05) is 17.5 Å². The molecule has 112 valence electrons. The molecule has 0 saturated heterocycles. The Labute approximate surface area is 128 Å². The van der Waals surface area contributed by atoms with Gasteiger partial charge in [-0.25, -0.2) is 0 Å². The molecule has 21 heavy (non-hydrogen) atoms. The summed E-state index contributed by atoms with van der Waals surface area (Å²) in [6.07, 6.45) is -4.41. The maximum absolute atomic E-state index is 12.5. The third-order valence-electron chi connectivity index (χ3n) is 2.53. The summed E-state index contributed by atoms with van der Waals surface area (Å²) >= 11 is 3.03. The van der Waals surface area contributed by atoms with Crippen molar-refractivity contribution in [3.63, 3.8) is 0 Å². The van der Waals surface area contributed by atoms with Crippen LogP contribution >= 0.6 is 23.1 Å². The van der Waals surface area contributed by atoms with Gasteiger partial charge in [0, 0.05) is 16.3 Å². The third kappa shape index (κ3) is 5.09. The van der Waals surface area contributed by atoms with E-state index in [2.05, 4.69) is 5.32 Å². The van der Waals surface area contributed by atoms with Crippen LogP contribution in [0.15, 0.2) is 41.8 Å². The molecular formula is C14H12F3NOS2. The van der Waals surface area contributed by atoms with Gasteiger partial charge in [0.25, 0.3) is 0 Å². The minimum absolute atomic E-state index is 0.159. The first-order chi connectivity index (χ1) is 9.95. The van der Waals surface area contributed by atoms with Crippen LogP contribution in [0.5, 0.6) is 0 Å². The molecule has 1 heterocycles. The Bertz CT molecular complexity index is 597. The molecule has 0 saturated carbocycles. The average molecular weight is 331 g/mol. The van der Waals surface area contributed by atoms with Crippen molar-refractivity contribution in [1.29, 1.82) is 0 Å². The smallest absolute Gasteiger partial charge is 0.325 e. The normalized spacial score (nSPS) is 11.4. The second kappa shape index (κ2) is 7.00. The molecule has 0 aliphatic carbocycles. The first-order valence-electron chi connectivity index (χ1n) is 6.02. The topological polar surface area (TPSA) is 29.1 Å². The largest absolute Gasteiger partial charge is 0.416 e. The van der Waals surface area contributed by atoms with Crippen LogP contribution in [0.4, 0.5) is 18.9 Å². The number of thioether (sulfide) groups is 1. The van der Waals surface area contributed by atoms with E-state index in [1.54, 1.807) is 11.3 Å². The highest BCUT2D eigenvalue weighted by Crippen LogP contribution is 2.30. The minimum Gasteiger partial charge on any atom is -0.325 e. The number of amides is 1. The second-order valence-electron chi connectivity index (χ2n) is 4.20. The molecule has 0 radical (unpaired) electrons. The van der Waals surface area contributed by atoms with Crippen molar-refractivity contribution in [3.05, 3.63) is 52.2 Å². The molecule has 0 spiro atoms. The van der Waals surface area contributed by atoms with Gasteiger partial charge >= 0.3 is 6.18 Å². The van der Waals surface area contributed by atoms with Crippen molar-refractivity contribution in [2.24, 2.45) is 0 Å². The predicted molar refractivity (Wildman–Crippen MR) is 80.6 cm³/mol. The van der Waals surface area contributed by atoms with Gasteiger partial charge < -0.3 is 5.32 Å². The van der Waals surface area contributed by atoms with Crippen molar-refractivity contribution in [2.75, 3.05) is 11.1 Å². The summed E-state index contributed by atoms with van der Waals surface area (Å²) in [5, 5.41) is 4.44. The van der Waals surface area contributed by atoms with E-state index in [0.717, 1.165) is 17.0 Å². The highest BCUT2D eigenvalue weighted by molar-refractivity contribution is 7.99. The first-order valence-corrected chi connectivity index (χ1v) is 8.06. The van der Waals surface area contributed by atoms with E-state index >= 15 is 0 Å². The molecule has 0 aliphatic heterocycles. The Balaban J connectivity index is 1.85. The molecule has 0 fully saturated rings. The summed E-state index contributed by atoms with van der Waals surface area (Å²) < 4.78 is 37.6. The van der Waals surface area contributed by atoms with Crippen LogP contribution in [0.1, 0.15) is 10.4 Å². The number of anilines is 1. The van der Waals surface area contributed by atoms with Crippen LogP contribution in [0.25, 0.3) is 0 Å². The van der Waals surface area contributed by atoms with Gasteiger partial charge in [0.15, 0.2) is 0 Å². The fraction of sp³-hybridized carbons (Fsp3) is 0.214. The lowest BCUT2D eigenvalue weighted by molar-refractivity contribution is -0.137. The Hall–Kier alpha value is -1.47. The minimum atomic E-state index is -4.41. The van der Waals surface area contributed by atoms with E-state index in [1.165, 1.54) is 23.9 Å². The summed E-state index contributed by atoms with van der Waals surface area (Å²) in [5.74, 6) is 0.609. The average Bonchev–Trinajstić information content (AvgIpc) is 2.91. The number of carbonyl (C=O) groups is 1. The number of rotatable bonds is 5. The maximum atomic E-state index is 12.5. The van der Waals surface area contributed by atoms with Crippen LogP contribution in [-0.2, 0) is 16.7 Å². The number of halogens is 3. The molecule has 0 atom stereocenters. The van der Waals surface area contributed by atoms with Gasteiger partial charge in [-0.3, -0.25) is 4.79 Å². The van der Waals surface area contributed by atoms with Crippen molar-refractivity contribution < 1.29 is 18.0 Å². The SMILES string of the molecule is O=C(CSCc1cccs1)Nc1cccc(C(F)(F)F)c1. The van der Waals surface area contributed by atoms with Gasteiger partial charge in [0.05, 0.1) is 11.3 Å². The second-order valence-corrected chi connectivity index (χ2v) is 6.22. The van der Waals surface area contributed by atoms with Crippen LogP contribution in [-0.4, -0.2) is 11.7 Å². The van der Waals surface area contributed by atoms with Crippen LogP contribution in [0, 0.1) is 0 Å². The zero-order valence-electron chi connectivity index (χ0n) is 10.8. The van der Waals surface area contributed by atoms with Gasteiger partial charge in [-0.05, 0) is 29.6 Å². The lowest BCUT2D eigenvalue weighted by Gasteiger charge is -2.09. The van der Waals surface area contributed by atoms with Crippen LogP contribution < -0.4 is 5.32 Å². The summed E-state index contributed by atoms with van der Waals surface area (Å²) in [7, 11) is 0. The van der Waals surface area contributed by atoms with Gasteiger partial charge in [0.1, 0.15) is 0 Å². The Morgan fingerprint density at radius 1 is 1.24 bits per heavy atom. The summed E-state index contributed by atoms with van der Waals surface area (Å²) in [6, 6.07) is 8.53. The summed E-state index contributed by atoms with van der Waals surface area (Å²) in [4.78, 5) is 12.9. The molecule has 2 nitrogen and oxygen atoms in total. The van der Waals surface area contributed by atoms with E-state index in [9.17, 15) is 18.0 Å². The Morgan fingerprint density at radius 2 is 2.05 bits per heavy atom. The lowest BCUT2D eigenvalue weighted by Crippen LogP contribution is -2.15. The number of nitrogens with one attached hydrogen (secondary N) is 1. The van der Waals surface area contributed by atoms with E-state index < -0.39 is 11.7 Å². The van der Waals surface area contributed by atoms with E-state index in [-0.39, 0.29) is 17.3 Å². The van der Waals surface area contributed by atoms with Gasteiger partial charge in [-0.15, -0.1) is 23.1 Å². The monoisotopic (exact) mass is 331 g/mol. The molecule has 2 aromatic rings. The fourth-order valence-corrected chi connectivity index (χ4v) is 3.28. The Morgan fingerprint density at radius 3 is 2.71 bits per heavy atom. The maximum Gasteiger partial charge on any atom is 0.416 e. The molecule has 0 bridgehead atoms. The number of thiophene rings is 1. The number of alkyl halides is 3. The van der Waals surface area contributed by atoms with E-state index in [4.69, 9.17) is 0 Å². The highest BCUT2D eigenvalue weighted by atomic mass is 32.2. The number of benzene rings is 1. The van der Waals surface area contributed by atoms with Gasteiger partial charge in [0.2, 0.25) is 5.91 Å². The van der Waals surface area contributed by atoms with E-state index in [0.29, 0.717) is 5.75 Å². The quantitative estimate of drug-likeness (QED) is 0.865. The molecular weight excluding hydrogens is 319 g/mol. The molecule has 1 N–H and O–H groups in total. The molecule has 7 heteroatoms. The highest BCUT2D eigenvalue weighted by Gasteiger charge is 2.30. The molecule has 1 aromatic heterocycles. The Kier molecular flexibility index (Phi) is 5.30. The zero-order chi connectivity index (χ0) is 15.3.